The summed E-state index contributed by atoms with van der Waals surface area (Å²) in [5.74, 6) is 1.62. The Kier molecular flexibility index (Phi) is 5.44. The number of aromatic nitrogens is 4. The summed E-state index contributed by atoms with van der Waals surface area (Å²) in [7, 11) is 1.82. The zero-order valence-corrected chi connectivity index (χ0v) is 16.8. The maximum absolute atomic E-state index is 12.3. The Bertz CT molecular complexity index is 1160. The second-order valence-electron chi connectivity index (χ2n) is 6.46. The number of nitrogens with one attached hydrogen (secondary N) is 1. The monoisotopic (exact) mass is 405 g/mol. The van der Waals surface area contributed by atoms with Gasteiger partial charge in [-0.25, -0.2) is 9.97 Å². The van der Waals surface area contributed by atoms with E-state index in [4.69, 9.17) is 4.74 Å². The number of nitrogens with zero attached hydrogens (tertiary/aromatic N) is 4. The van der Waals surface area contributed by atoms with E-state index in [0.29, 0.717) is 11.4 Å². The highest BCUT2D eigenvalue weighted by Crippen LogP contribution is 2.25. The number of aryl methyl sites for hydroxylation is 2. The quantitative estimate of drug-likeness (QED) is 0.383. The molecular formula is C21H19N5O2S. The Hall–Kier alpha value is -3.39. The molecule has 0 aliphatic rings. The normalized spacial score (nSPS) is 10.8. The van der Waals surface area contributed by atoms with Gasteiger partial charge in [-0.2, -0.15) is 5.10 Å². The van der Waals surface area contributed by atoms with Crippen molar-refractivity contribution in [1.29, 1.82) is 0 Å². The zero-order chi connectivity index (χ0) is 20.2. The van der Waals surface area contributed by atoms with Crippen molar-refractivity contribution in [2.45, 2.75) is 11.9 Å². The maximum atomic E-state index is 12.3. The van der Waals surface area contributed by atoms with E-state index in [1.54, 1.807) is 10.9 Å². The van der Waals surface area contributed by atoms with Crippen LogP contribution in [0, 0.1) is 6.92 Å². The zero-order valence-electron chi connectivity index (χ0n) is 16.0. The van der Waals surface area contributed by atoms with Gasteiger partial charge in [0, 0.05) is 12.7 Å². The number of carbonyl (C=O) groups is 1. The molecule has 2 aromatic carbocycles. The second-order valence-corrected chi connectivity index (χ2v) is 7.43. The van der Waals surface area contributed by atoms with Gasteiger partial charge in [-0.1, -0.05) is 23.9 Å². The molecule has 4 aromatic rings. The maximum Gasteiger partial charge on any atom is 0.234 e. The highest BCUT2D eigenvalue weighted by molar-refractivity contribution is 8.00. The molecule has 0 radical (unpaired) electrons. The minimum absolute atomic E-state index is 0.113. The fraction of sp³-hybridized carbons (Fsp3) is 0.143. The molecule has 4 rings (SSSR count). The highest BCUT2D eigenvalue weighted by Gasteiger charge is 2.11. The van der Waals surface area contributed by atoms with E-state index < -0.39 is 0 Å². The minimum Gasteiger partial charge on any atom is -0.457 e. The predicted octanol–water partition coefficient (Wildman–Crippen LogP) is 4.19. The first-order valence-corrected chi connectivity index (χ1v) is 9.97. The Balaban J connectivity index is 1.34. The van der Waals surface area contributed by atoms with Crippen LogP contribution in [0.2, 0.25) is 0 Å². The van der Waals surface area contributed by atoms with Gasteiger partial charge < -0.3 is 10.1 Å². The summed E-state index contributed by atoms with van der Waals surface area (Å²) in [6, 6.07) is 15.1. The number of hydrogen-bond acceptors (Lipinski definition) is 6. The van der Waals surface area contributed by atoms with E-state index >= 15 is 0 Å². The van der Waals surface area contributed by atoms with Crippen molar-refractivity contribution in [1.82, 2.24) is 19.7 Å². The summed E-state index contributed by atoms with van der Waals surface area (Å²) < 4.78 is 7.51. The third-order valence-electron chi connectivity index (χ3n) is 4.20. The largest absolute Gasteiger partial charge is 0.457 e. The van der Waals surface area contributed by atoms with E-state index in [9.17, 15) is 4.79 Å². The van der Waals surface area contributed by atoms with Gasteiger partial charge in [0.05, 0.1) is 17.3 Å². The molecule has 2 aromatic heterocycles. The van der Waals surface area contributed by atoms with Gasteiger partial charge in [-0.15, -0.1) is 0 Å². The van der Waals surface area contributed by atoms with Crippen LogP contribution < -0.4 is 10.1 Å². The fourth-order valence-electron chi connectivity index (χ4n) is 2.81. The molecule has 7 nitrogen and oxygen atoms in total. The second kappa shape index (κ2) is 8.32. The van der Waals surface area contributed by atoms with E-state index in [0.717, 1.165) is 27.4 Å². The Morgan fingerprint density at radius 2 is 1.97 bits per heavy atom. The van der Waals surface area contributed by atoms with Crippen molar-refractivity contribution < 1.29 is 9.53 Å². The molecule has 0 aliphatic heterocycles. The van der Waals surface area contributed by atoms with E-state index in [1.165, 1.54) is 18.1 Å². The van der Waals surface area contributed by atoms with E-state index in [1.807, 2.05) is 62.5 Å². The average Bonchev–Trinajstić information content (AvgIpc) is 3.10. The summed E-state index contributed by atoms with van der Waals surface area (Å²) in [6.45, 7) is 2.02. The first-order chi connectivity index (χ1) is 14.1. The van der Waals surface area contributed by atoms with Gasteiger partial charge >= 0.3 is 0 Å². The van der Waals surface area contributed by atoms with Crippen LogP contribution in [-0.4, -0.2) is 31.4 Å². The Morgan fingerprint density at radius 1 is 1.14 bits per heavy atom. The van der Waals surface area contributed by atoms with Crippen LogP contribution in [0.5, 0.6) is 11.5 Å². The summed E-state index contributed by atoms with van der Waals surface area (Å²) >= 11 is 1.36. The molecular weight excluding hydrogens is 386 g/mol. The number of ether oxygens (including phenoxy) is 1. The number of fused-ring (bicyclic) bond motifs is 1. The van der Waals surface area contributed by atoms with Crippen molar-refractivity contribution in [3.05, 3.63) is 66.6 Å². The molecule has 0 atom stereocenters. The lowest BCUT2D eigenvalue weighted by molar-refractivity contribution is -0.113. The SMILES string of the molecule is Cc1cccc(Oc2ccc(NC(=O)CSc3ncnc4c3cnn4C)cc2)c1. The van der Waals surface area contributed by atoms with Crippen LogP contribution in [0.1, 0.15) is 5.56 Å². The van der Waals surface area contributed by atoms with Crippen molar-refractivity contribution >= 4 is 34.4 Å². The van der Waals surface area contributed by atoms with Crippen molar-refractivity contribution in [2.24, 2.45) is 7.05 Å². The van der Waals surface area contributed by atoms with Crippen LogP contribution in [0.4, 0.5) is 5.69 Å². The highest BCUT2D eigenvalue weighted by atomic mass is 32.2. The van der Waals surface area contributed by atoms with Crippen LogP contribution in [-0.2, 0) is 11.8 Å². The van der Waals surface area contributed by atoms with Crippen LogP contribution >= 0.6 is 11.8 Å². The minimum atomic E-state index is -0.113. The molecule has 29 heavy (non-hydrogen) atoms. The topological polar surface area (TPSA) is 81.9 Å². The molecule has 1 amide bonds. The molecule has 146 valence electrons. The summed E-state index contributed by atoms with van der Waals surface area (Å²) in [5, 5.41) is 8.64. The lowest BCUT2D eigenvalue weighted by Gasteiger charge is -2.08. The number of benzene rings is 2. The average molecular weight is 405 g/mol. The van der Waals surface area contributed by atoms with Crippen molar-refractivity contribution in [2.75, 3.05) is 11.1 Å². The third kappa shape index (κ3) is 4.55. The number of amides is 1. The van der Waals surface area contributed by atoms with Gasteiger partial charge in [0.2, 0.25) is 5.91 Å². The molecule has 0 bridgehead atoms. The van der Waals surface area contributed by atoms with Gasteiger partial charge in [0.1, 0.15) is 22.9 Å². The molecule has 0 spiro atoms. The number of rotatable bonds is 6. The van der Waals surface area contributed by atoms with E-state index in [-0.39, 0.29) is 11.7 Å². The van der Waals surface area contributed by atoms with Crippen LogP contribution in [0.25, 0.3) is 11.0 Å². The van der Waals surface area contributed by atoms with Gasteiger partial charge in [-0.05, 0) is 48.9 Å². The number of thioether (sulfide) groups is 1. The van der Waals surface area contributed by atoms with Gasteiger partial charge in [-0.3, -0.25) is 9.48 Å². The first kappa shape index (κ1) is 18.9. The first-order valence-electron chi connectivity index (χ1n) is 8.98. The summed E-state index contributed by atoms with van der Waals surface area (Å²) in [4.78, 5) is 20.8. The predicted molar refractivity (Wildman–Crippen MR) is 113 cm³/mol. The van der Waals surface area contributed by atoms with Crippen LogP contribution in [0.3, 0.4) is 0 Å². The number of hydrogen-bond donors (Lipinski definition) is 1. The Morgan fingerprint density at radius 3 is 2.76 bits per heavy atom. The van der Waals surface area contributed by atoms with Crippen molar-refractivity contribution in [3.63, 3.8) is 0 Å². The van der Waals surface area contributed by atoms with Crippen LogP contribution in [0.15, 0.2) is 66.1 Å². The molecule has 0 fully saturated rings. The van der Waals surface area contributed by atoms with E-state index in [2.05, 4.69) is 20.4 Å². The molecule has 0 unspecified atom stereocenters. The molecule has 1 N–H and O–H groups in total. The molecule has 8 heteroatoms. The lowest BCUT2D eigenvalue weighted by Crippen LogP contribution is -2.14. The molecule has 0 saturated carbocycles. The standard InChI is InChI=1S/C21H19N5O2S/c1-14-4-3-5-17(10-14)28-16-8-6-15(7-9-16)25-19(27)12-29-21-18-11-24-26(2)20(18)22-13-23-21/h3-11,13H,12H2,1-2H3,(H,25,27). The number of anilines is 1. The fourth-order valence-corrected chi connectivity index (χ4v) is 3.57. The Labute approximate surface area is 172 Å². The summed E-state index contributed by atoms with van der Waals surface area (Å²) in [5.41, 5.74) is 2.59. The van der Waals surface area contributed by atoms with Gasteiger partial charge in [0.25, 0.3) is 0 Å². The molecule has 0 saturated heterocycles. The van der Waals surface area contributed by atoms with Crippen molar-refractivity contribution in [3.8, 4) is 11.5 Å². The molecule has 0 aliphatic carbocycles. The lowest BCUT2D eigenvalue weighted by atomic mass is 10.2. The third-order valence-corrected chi connectivity index (χ3v) is 5.20. The molecule has 2 heterocycles. The summed E-state index contributed by atoms with van der Waals surface area (Å²) in [6.07, 6.45) is 3.19. The smallest absolute Gasteiger partial charge is 0.234 e. The number of carbonyl (C=O) groups excluding carboxylic acids is 1. The van der Waals surface area contributed by atoms with Gasteiger partial charge in [0.15, 0.2) is 5.65 Å².